The molecule has 2 heterocycles. The largest absolute Gasteiger partial charge is 0.440 e. The van der Waals surface area contributed by atoms with Crippen molar-refractivity contribution in [1.82, 2.24) is 15.6 Å². The van der Waals surface area contributed by atoms with E-state index >= 15 is 0 Å². The van der Waals surface area contributed by atoms with Gasteiger partial charge in [-0.15, -0.1) is 0 Å². The van der Waals surface area contributed by atoms with Crippen molar-refractivity contribution in [2.45, 2.75) is 70.1 Å². The number of halogens is 6. The summed E-state index contributed by atoms with van der Waals surface area (Å²) in [5, 5.41) is 5.55. The monoisotopic (exact) mass is 477 g/mol. The molecule has 3 rings (SSSR count). The maximum absolute atomic E-state index is 13.6. The number of aromatic nitrogens is 1. The first-order valence-electron chi connectivity index (χ1n) is 10.5. The predicted molar refractivity (Wildman–Crippen MR) is 109 cm³/mol. The number of fused-ring (bicyclic) bond motifs is 1. The summed E-state index contributed by atoms with van der Waals surface area (Å²) in [5.74, 6) is 0. The molecule has 1 aromatic carbocycles. The molecular formula is C22H25F6N3O2. The maximum Gasteiger partial charge on any atom is 0.433 e. The maximum atomic E-state index is 13.6. The Labute approximate surface area is 186 Å². The molecule has 0 saturated carbocycles. The number of ether oxygens (including phenoxy) is 1. The Morgan fingerprint density at radius 3 is 2.36 bits per heavy atom. The van der Waals surface area contributed by atoms with Crippen LogP contribution >= 0.6 is 0 Å². The minimum absolute atomic E-state index is 0.154. The fourth-order valence-electron chi connectivity index (χ4n) is 3.83. The normalized spacial score (nSPS) is 18.8. The van der Waals surface area contributed by atoms with Crippen molar-refractivity contribution in [3.8, 4) is 0 Å². The predicted octanol–water partition coefficient (Wildman–Crippen LogP) is 5.98. The summed E-state index contributed by atoms with van der Waals surface area (Å²) in [6.07, 6.45) is -10.1. The number of piperidine rings is 1. The topological polar surface area (TPSA) is 63.2 Å². The first kappa shape index (κ1) is 25.1. The molecule has 1 amide bonds. The van der Waals surface area contributed by atoms with Crippen LogP contribution in [0.15, 0.2) is 24.3 Å². The summed E-state index contributed by atoms with van der Waals surface area (Å²) < 4.78 is 87.3. The van der Waals surface area contributed by atoms with Gasteiger partial charge in [-0.1, -0.05) is 18.6 Å². The number of alkyl carbamates (subject to hydrolysis) is 1. The molecule has 2 atom stereocenters. The second-order valence-electron chi connectivity index (χ2n) is 9.05. The number of pyridine rings is 1. The Morgan fingerprint density at radius 1 is 1.12 bits per heavy atom. The summed E-state index contributed by atoms with van der Waals surface area (Å²) in [5.41, 5.74) is -4.48. The van der Waals surface area contributed by atoms with E-state index in [-0.39, 0.29) is 10.9 Å². The Morgan fingerprint density at radius 2 is 1.82 bits per heavy atom. The molecule has 0 unspecified atom stereocenters. The Kier molecular flexibility index (Phi) is 6.84. The van der Waals surface area contributed by atoms with Gasteiger partial charge in [-0.05, 0) is 52.3 Å². The highest BCUT2D eigenvalue weighted by Crippen LogP contribution is 2.40. The third-order valence-corrected chi connectivity index (χ3v) is 5.20. The average molecular weight is 477 g/mol. The molecule has 0 aliphatic carbocycles. The zero-order valence-corrected chi connectivity index (χ0v) is 18.3. The van der Waals surface area contributed by atoms with Crippen LogP contribution < -0.4 is 10.6 Å². The highest BCUT2D eigenvalue weighted by atomic mass is 19.4. The van der Waals surface area contributed by atoms with Crippen LogP contribution in [0.5, 0.6) is 0 Å². The third-order valence-electron chi connectivity index (χ3n) is 5.20. The van der Waals surface area contributed by atoms with Gasteiger partial charge in [0, 0.05) is 22.5 Å². The number of carbonyl (C=O) groups excluding carboxylic acids is 1. The van der Waals surface area contributed by atoms with E-state index in [1.807, 2.05) is 0 Å². The quantitative estimate of drug-likeness (QED) is 0.534. The first-order chi connectivity index (χ1) is 15.2. The fraction of sp³-hybridized carbons (Fsp3) is 0.545. The number of nitrogens with zero attached hydrogens (tertiary/aromatic N) is 1. The van der Waals surface area contributed by atoms with E-state index in [0.717, 1.165) is 18.9 Å². The molecular weight excluding hydrogens is 452 g/mol. The van der Waals surface area contributed by atoms with Gasteiger partial charge in [-0.25, -0.2) is 9.78 Å². The molecule has 33 heavy (non-hydrogen) atoms. The summed E-state index contributed by atoms with van der Waals surface area (Å²) >= 11 is 0. The van der Waals surface area contributed by atoms with Crippen molar-refractivity contribution in [3.63, 3.8) is 0 Å². The molecule has 1 aromatic heterocycles. The SMILES string of the molecule is CC(C)(C)NC(=O)O[C@H](c1cc(C(F)(F)F)nc2c(C(F)(F)F)cccc12)[C@@H]1CCCCN1. The van der Waals surface area contributed by atoms with Gasteiger partial charge in [0.15, 0.2) is 0 Å². The van der Waals surface area contributed by atoms with Crippen molar-refractivity contribution < 1.29 is 35.9 Å². The van der Waals surface area contributed by atoms with E-state index < -0.39 is 52.9 Å². The van der Waals surface area contributed by atoms with Gasteiger partial charge in [0.25, 0.3) is 0 Å². The van der Waals surface area contributed by atoms with E-state index in [9.17, 15) is 31.1 Å². The van der Waals surface area contributed by atoms with Crippen LogP contribution in [-0.4, -0.2) is 29.2 Å². The Hall–Kier alpha value is -2.56. The molecule has 0 bridgehead atoms. The van der Waals surface area contributed by atoms with Crippen LogP contribution in [0.3, 0.4) is 0 Å². The number of carbonyl (C=O) groups is 1. The summed E-state index contributed by atoms with van der Waals surface area (Å²) in [4.78, 5) is 15.9. The molecule has 1 aliphatic rings. The smallest absolute Gasteiger partial charge is 0.433 e. The number of hydrogen-bond donors (Lipinski definition) is 2. The standard InChI is InChI=1S/C22H25F6N3O2/c1-20(2,3)31-19(32)33-18(15-9-4-5-10-29-15)13-11-16(22(26,27)28)30-17-12(13)7-6-8-14(17)21(23,24)25/h6-8,11,15,18,29H,4-5,9-10H2,1-3H3,(H,31,32)/t15-,18+/m0/s1. The zero-order valence-electron chi connectivity index (χ0n) is 18.3. The molecule has 5 nitrogen and oxygen atoms in total. The Bertz CT molecular complexity index is 1010. The van der Waals surface area contributed by atoms with Crippen LogP contribution in [0.2, 0.25) is 0 Å². The number of alkyl halides is 6. The lowest BCUT2D eigenvalue weighted by atomic mass is 9.91. The van der Waals surface area contributed by atoms with Crippen molar-refractivity contribution in [2.24, 2.45) is 0 Å². The summed E-state index contributed by atoms with van der Waals surface area (Å²) in [6, 6.07) is 3.14. The number of nitrogens with one attached hydrogen (secondary N) is 2. The number of hydrogen-bond acceptors (Lipinski definition) is 4. The lowest BCUT2D eigenvalue weighted by molar-refractivity contribution is -0.142. The minimum Gasteiger partial charge on any atom is -0.440 e. The number of rotatable bonds is 3. The van der Waals surface area contributed by atoms with Gasteiger partial charge in [-0.3, -0.25) is 0 Å². The van der Waals surface area contributed by atoms with Crippen LogP contribution in [0.4, 0.5) is 31.1 Å². The van der Waals surface area contributed by atoms with E-state index in [2.05, 4.69) is 15.6 Å². The van der Waals surface area contributed by atoms with Crippen LogP contribution in [0.1, 0.15) is 63.0 Å². The molecule has 2 N–H and O–H groups in total. The van der Waals surface area contributed by atoms with Crippen LogP contribution in [0.25, 0.3) is 10.9 Å². The summed E-state index contributed by atoms with van der Waals surface area (Å²) in [7, 11) is 0. The Balaban J connectivity index is 2.23. The van der Waals surface area contributed by atoms with Crippen molar-refractivity contribution in [3.05, 3.63) is 41.1 Å². The van der Waals surface area contributed by atoms with E-state index in [4.69, 9.17) is 4.74 Å². The molecule has 2 aromatic rings. The van der Waals surface area contributed by atoms with Crippen LogP contribution in [0, 0.1) is 0 Å². The molecule has 182 valence electrons. The third kappa shape index (κ3) is 6.07. The second-order valence-corrected chi connectivity index (χ2v) is 9.05. The van der Waals surface area contributed by atoms with E-state index in [1.54, 1.807) is 20.8 Å². The molecule has 0 spiro atoms. The zero-order chi connectivity index (χ0) is 24.6. The highest BCUT2D eigenvalue weighted by molar-refractivity contribution is 5.86. The average Bonchev–Trinajstić information content (AvgIpc) is 2.69. The first-order valence-corrected chi connectivity index (χ1v) is 10.5. The highest BCUT2D eigenvalue weighted by Gasteiger charge is 2.40. The van der Waals surface area contributed by atoms with Gasteiger partial charge < -0.3 is 15.4 Å². The molecule has 1 fully saturated rings. The minimum atomic E-state index is -5.00. The number of amides is 1. The van der Waals surface area contributed by atoms with Crippen molar-refractivity contribution in [1.29, 1.82) is 0 Å². The molecule has 1 saturated heterocycles. The lowest BCUT2D eigenvalue weighted by Gasteiger charge is -2.33. The van der Waals surface area contributed by atoms with Crippen LogP contribution in [-0.2, 0) is 17.1 Å². The van der Waals surface area contributed by atoms with Gasteiger partial charge in [0.1, 0.15) is 11.8 Å². The molecule has 1 aliphatic heterocycles. The van der Waals surface area contributed by atoms with Gasteiger partial charge in [-0.2, -0.15) is 26.3 Å². The fourth-order valence-corrected chi connectivity index (χ4v) is 3.83. The van der Waals surface area contributed by atoms with Crippen molar-refractivity contribution in [2.75, 3.05) is 6.54 Å². The van der Waals surface area contributed by atoms with Gasteiger partial charge in [0.2, 0.25) is 0 Å². The number of benzene rings is 1. The van der Waals surface area contributed by atoms with Gasteiger partial charge in [0.05, 0.1) is 11.1 Å². The van der Waals surface area contributed by atoms with E-state index in [1.165, 1.54) is 6.07 Å². The number of para-hydroxylation sites is 1. The second kappa shape index (κ2) is 9.00. The van der Waals surface area contributed by atoms with Gasteiger partial charge >= 0.3 is 18.4 Å². The molecule has 0 radical (unpaired) electrons. The van der Waals surface area contributed by atoms with E-state index in [0.29, 0.717) is 25.1 Å². The summed E-state index contributed by atoms with van der Waals surface area (Å²) in [6.45, 7) is 5.62. The van der Waals surface area contributed by atoms with Crippen molar-refractivity contribution >= 4 is 17.0 Å². The lowest BCUT2D eigenvalue weighted by Crippen LogP contribution is -2.45. The molecule has 11 heteroatoms.